The molecule has 0 spiro atoms. The topological polar surface area (TPSA) is 70.3 Å². The van der Waals surface area contributed by atoms with Gasteiger partial charge in [0.2, 0.25) is 5.28 Å². The van der Waals surface area contributed by atoms with Crippen LogP contribution >= 0.6 is 11.6 Å². The summed E-state index contributed by atoms with van der Waals surface area (Å²) in [6, 6.07) is 1.49. The summed E-state index contributed by atoms with van der Waals surface area (Å²) >= 11 is 5.65. The van der Waals surface area contributed by atoms with E-state index in [9.17, 15) is 4.39 Å². The van der Waals surface area contributed by atoms with E-state index >= 15 is 0 Å². The molecule has 2 rings (SSSR count). The second-order valence-corrected chi connectivity index (χ2v) is 3.54. The number of fused-ring (bicyclic) bond motifs is 1. The smallest absolute Gasteiger partial charge is 0.224 e. The Morgan fingerprint density at radius 2 is 2.00 bits per heavy atom. The van der Waals surface area contributed by atoms with Gasteiger partial charge in [-0.15, -0.1) is 0 Å². The largest absolute Gasteiger partial charge is 0.493 e. The molecule has 0 saturated carbocycles. The number of hydrogen-bond donors (Lipinski definition) is 1. The number of nitrogens with zero attached hydrogens (tertiary/aromatic N) is 2. The lowest BCUT2D eigenvalue weighted by Gasteiger charge is -2.11. The van der Waals surface area contributed by atoms with E-state index in [0.717, 1.165) is 0 Å². The van der Waals surface area contributed by atoms with Crippen molar-refractivity contribution in [2.24, 2.45) is 0 Å². The molecule has 0 bridgehead atoms. The van der Waals surface area contributed by atoms with Crippen LogP contribution in [0.1, 0.15) is 0 Å². The predicted molar refractivity (Wildman–Crippen MR) is 62.0 cm³/mol. The number of halogens is 2. The third-order valence-corrected chi connectivity index (χ3v) is 2.44. The molecule has 90 valence electrons. The molecule has 0 aliphatic carbocycles. The van der Waals surface area contributed by atoms with Gasteiger partial charge in [-0.2, -0.15) is 0 Å². The van der Waals surface area contributed by atoms with Crippen molar-refractivity contribution in [1.82, 2.24) is 9.97 Å². The minimum Gasteiger partial charge on any atom is -0.493 e. The van der Waals surface area contributed by atoms with Gasteiger partial charge < -0.3 is 15.2 Å². The number of rotatable bonds is 2. The number of ether oxygens (including phenoxy) is 2. The third kappa shape index (κ3) is 1.80. The first-order valence-corrected chi connectivity index (χ1v) is 4.99. The summed E-state index contributed by atoms with van der Waals surface area (Å²) in [5.74, 6) is -0.543. The highest BCUT2D eigenvalue weighted by Gasteiger charge is 2.18. The highest BCUT2D eigenvalue weighted by molar-refractivity contribution is 6.28. The van der Waals surface area contributed by atoms with Crippen molar-refractivity contribution >= 4 is 28.3 Å². The van der Waals surface area contributed by atoms with Gasteiger partial charge in [0.15, 0.2) is 17.3 Å². The number of methoxy groups -OCH3 is 2. The standard InChI is InChI=1S/C10H9ClFN3O2/c1-16-5-3-4-6(7(12)8(5)17-2)9(13)15-10(11)14-4/h3H,1-2H3,(H2,13,14,15). The highest BCUT2D eigenvalue weighted by atomic mass is 35.5. The minimum atomic E-state index is -0.670. The normalized spacial score (nSPS) is 10.6. The Morgan fingerprint density at radius 3 is 2.59 bits per heavy atom. The molecular formula is C10H9ClFN3O2. The number of aromatic nitrogens is 2. The summed E-state index contributed by atoms with van der Waals surface area (Å²) in [6.07, 6.45) is 0. The Balaban J connectivity index is 2.90. The lowest BCUT2D eigenvalue weighted by atomic mass is 10.2. The Bertz CT molecular complexity index is 592. The maximum atomic E-state index is 14.1. The molecule has 0 fully saturated rings. The van der Waals surface area contributed by atoms with Crippen molar-refractivity contribution in [3.8, 4) is 11.5 Å². The summed E-state index contributed by atoms with van der Waals surface area (Å²) in [6.45, 7) is 0. The van der Waals surface area contributed by atoms with Gasteiger partial charge >= 0.3 is 0 Å². The van der Waals surface area contributed by atoms with Gasteiger partial charge in [0.1, 0.15) is 5.82 Å². The summed E-state index contributed by atoms with van der Waals surface area (Å²) in [5, 5.41) is 0.00803. The molecule has 0 aliphatic rings. The first kappa shape index (κ1) is 11.7. The first-order chi connectivity index (χ1) is 8.08. The highest BCUT2D eigenvalue weighted by Crippen LogP contribution is 2.37. The van der Waals surface area contributed by atoms with E-state index in [4.69, 9.17) is 26.8 Å². The van der Waals surface area contributed by atoms with Crippen molar-refractivity contribution in [3.63, 3.8) is 0 Å². The summed E-state index contributed by atoms with van der Waals surface area (Å²) in [5.41, 5.74) is 5.86. The molecule has 0 amide bonds. The van der Waals surface area contributed by atoms with Gasteiger partial charge in [-0.3, -0.25) is 0 Å². The zero-order valence-electron chi connectivity index (χ0n) is 9.12. The molecule has 7 heteroatoms. The van der Waals surface area contributed by atoms with E-state index in [1.54, 1.807) is 0 Å². The van der Waals surface area contributed by atoms with Crippen LogP contribution in [0.25, 0.3) is 10.9 Å². The minimum absolute atomic E-state index is 0.0431. The average molecular weight is 258 g/mol. The number of hydrogen-bond acceptors (Lipinski definition) is 5. The molecule has 0 radical (unpaired) electrons. The van der Waals surface area contributed by atoms with Gasteiger partial charge in [0.25, 0.3) is 0 Å². The van der Waals surface area contributed by atoms with Crippen LogP contribution < -0.4 is 15.2 Å². The number of anilines is 1. The number of nitrogen functional groups attached to an aromatic ring is 1. The lowest BCUT2D eigenvalue weighted by Crippen LogP contribution is -2.01. The Labute approximate surface area is 101 Å². The van der Waals surface area contributed by atoms with Crippen LogP contribution in [-0.4, -0.2) is 24.2 Å². The van der Waals surface area contributed by atoms with Crippen LogP contribution in [0, 0.1) is 5.82 Å². The van der Waals surface area contributed by atoms with Crippen LogP contribution in [0.4, 0.5) is 10.2 Å². The molecule has 1 heterocycles. The number of benzene rings is 1. The zero-order chi connectivity index (χ0) is 12.6. The van der Waals surface area contributed by atoms with Gasteiger partial charge in [-0.25, -0.2) is 14.4 Å². The van der Waals surface area contributed by atoms with Gasteiger partial charge in [0, 0.05) is 6.07 Å². The van der Waals surface area contributed by atoms with Gasteiger partial charge in [-0.1, -0.05) is 0 Å². The van der Waals surface area contributed by atoms with Crippen molar-refractivity contribution in [1.29, 1.82) is 0 Å². The molecular weight excluding hydrogens is 249 g/mol. The third-order valence-electron chi connectivity index (χ3n) is 2.27. The van der Waals surface area contributed by atoms with Gasteiger partial charge in [-0.05, 0) is 11.6 Å². The fourth-order valence-corrected chi connectivity index (χ4v) is 1.73. The second kappa shape index (κ2) is 4.21. The molecule has 2 N–H and O–H groups in total. The maximum absolute atomic E-state index is 14.1. The van der Waals surface area contributed by atoms with Crippen LogP contribution in [-0.2, 0) is 0 Å². The molecule has 0 aliphatic heterocycles. The van der Waals surface area contributed by atoms with Crippen molar-refractivity contribution in [2.45, 2.75) is 0 Å². The Kier molecular flexibility index (Phi) is 2.89. The first-order valence-electron chi connectivity index (χ1n) is 4.61. The van der Waals surface area contributed by atoms with Crippen LogP contribution in [0.3, 0.4) is 0 Å². The van der Waals surface area contributed by atoms with Crippen molar-refractivity contribution in [2.75, 3.05) is 20.0 Å². The summed E-state index contributed by atoms with van der Waals surface area (Å²) in [7, 11) is 2.73. The van der Waals surface area contributed by atoms with Crippen molar-refractivity contribution < 1.29 is 13.9 Å². The lowest BCUT2D eigenvalue weighted by molar-refractivity contribution is 0.339. The molecule has 1 aromatic carbocycles. The fourth-order valence-electron chi connectivity index (χ4n) is 1.55. The molecule has 2 aromatic rings. The predicted octanol–water partition coefficient (Wildman–Crippen LogP) is 2.02. The van der Waals surface area contributed by atoms with E-state index in [-0.39, 0.29) is 33.5 Å². The van der Waals surface area contributed by atoms with E-state index in [1.807, 2.05) is 0 Å². The Morgan fingerprint density at radius 1 is 1.29 bits per heavy atom. The van der Waals surface area contributed by atoms with Crippen LogP contribution in [0.15, 0.2) is 6.07 Å². The molecule has 0 atom stereocenters. The average Bonchev–Trinajstić information content (AvgIpc) is 2.27. The van der Waals surface area contributed by atoms with E-state index in [0.29, 0.717) is 0 Å². The second-order valence-electron chi connectivity index (χ2n) is 3.20. The van der Waals surface area contributed by atoms with E-state index < -0.39 is 5.82 Å². The van der Waals surface area contributed by atoms with E-state index in [2.05, 4.69) is 9.97 Å². The summed E-state index contributed by atoms with van der Waals surface area (Å²) < 4.78 is 24.0. The van der Waals surface area contributed by atoms with Crippen molar-refractivity contribution in [3.05, 3.63) is 17.2 Å². The Hall–Kier alpha value is -1.82. The zero-order valence-corrected chi connectivity index (χ0v) is 9.88. The summed E-state index contributed by atoms with van der Waals surface area (Å²) in [4.78, 5) is 7.57. The molecule has 5 nitrogen and oxygen atoms in total. The molecule has 1 aromatic heterocycles. The maximum Gasteiger partial charge on any atom is 0.224 e. The monoisotopic (exact) mass is 257 g/mol. The number of nitrogens with two attached hydrogens (primary N) is 1. The quantitative estimate of drug-likeness (QED) is 0.834. The van der Waals surface area contributed by atoms with E-state index in [1.165, 1.54) is 20.3 Å². The van der Waals surface area contributed by atoms with Gasteiger partial charge in [0.05, 0.1) is 25.1 Å². The molecule has 0 unspecified atom stereocenters. The SMILES string of the molecule is COc1cc2nc(Cl)nc(N)c2c(F)c1OC. The molecule has 17 heavy (non-hydrogen) atoms. The fraction of sp³-hybridized carbons (Fsp3) is 0.200. The van der Waals surface area contributed by atoms with Crippen LogP contribution in [0.2, 0.25) is 5.28 Å². The van der Waals surface area contributed by atoms with Crippen LogP contribution in [0.5, 0.6) is 11.5 Å². The molecule has 0 saturated heterocycles.